The number of nitrogens with zero attached hydrogens (tertiary/aromatic N) is 3. The number of anilines is 2. The lowest BCUT2D eigenvalue weighted by molar-refractivity contribution is 0.415. The molecule has 1 N–H and O–H groups in total. The molecular weight excluding hydrogens is 252 g/mol. The molecule has 0 aliphatic carbocycles. The average Bonchev–Trinajstić information content (AvgIpc) is 2.49. The van der Waals surface area contributed by atoms with Crippen LogP contribution in [0.25, 0.3) is 0 Å². The third-order valence-electron chi connectivity index (χ3n) is 2.96. The first-order valence-electron chi connectivity index (χ1n) is 6.63. The van der Waals surface area contributed by atoms with Crippen molar-refractivity contribution in [3.63, 3.8) is 0 Å². The minimum Gasteiger partial charge on any atom is -0.497 e. The average molecular weight is 272 g/mol. The summed E-state index contributed by atoms with van der Waals surface area (Å²) in [4.78, 5) is 10.8. The standard InChI is InChI=1S/C15H20N4O/c1-4-16-15-10-17-12(9-18-15)11-19(2)13-6-5-7-14(8-13)20-3/h5-10H,4,11H2,1-3H3,(H,16,18). The van der Waals surface area contributed by atoms with E-state index in [4.69, 9.17) is 4.74 Å². The lowest BCUT2D eigenvalue weighted by Gasteiger charge is -2.19. The van der Waals surface area contributed by atoms with Crippen molar-refractivity contribution in [1.82, 2.24) is 9.97 Å². The number of hydrogen-bond acceptors (Lipinski definition) is 5. The molecule has 1 heterocycles. The topological polar surface area (TPSA) is 50.3 Å². The molecule has 0 fully saturated rings. The molecule has 2 aromatic rings. The number of rotatable bonds is 6. The second-order valence-electron chi connectivity index (χ2n) is 4.48. The molecule has 0 amide bonds. The van der Waals surface area contributed by atoms with E-state index >= 15 is 0 Å². The Morgan fingerprint density at radius 3 is 2.75 bits per heavy atom. The number of nitrogens with one attached hydrogen (secondary N) is 1. The Balaban J connectivity index is 2.04. The summed E-state index contributed by atoms with van der Waals surface area (Å²) in [6.07, 6.45) is 3.56. The Labute approximate surface area is 119 Å². The third-order valence-corrected chi connectivity index (χ3v) is 2.96. The van der Waals surface area contributed by atoms with Crippen LogP contribution in [-0.4, -0.2) is 30.7 Å². The number of methoxy groups -OCH3 is 1. The van der Waals surface area contributed by atoms with Crippen LogP contribution in [0.5, 0.6) is 5.75 Å². The van der Waals surface area contributed by atoms with Crippen LogP contribution in [-0.2, 0) is 6.54 Å². The van der Waals surface area contributed by atoms with Gasteiger partial charge >= 0.3 is 0 Å². The molecule has 0 atom stereocenters. The largest absolute Gasteiger partial charge is 0.497 e. The molecule has 0 unspecified atom stereocenters. The molecule has 20 heavy (non-hydrogen) atoms. The van der Waals surface area contributed by atoms with Crippen molar-refractivity contribution >= 4 is 11.5 Å². The molecule has 1 aromatic heterocycles. The van der Waals surface area contributed by atoms with Crippen molar-refractivity contribution in [3.8, 4) is 5.75 Å². The fraction of sp³-hybridized carbons (Fsp3) is 0.333. The first kappa shape index (κ1) is 14.1. The number of hydrogen-bond donors (Lipinski definition) is 1. The Kier molecular flexibility index (Phi) is 4.76. The van der Waals surface area contributed by atoms with Crippen LogP contribution < -0.4 is 15.0 Å². The van der Waals surface area contributed by atoms with Gasteiger partial charge < -0.3 is 15.0 Å². The van der Waals surface area contributed by atoms with Gasteiger partial charge in [0.1, 0.15) is 11.6 Å². The van der Waals surface area contributed by atoms with E-state index < -0.39 is 0 Å². The van der Waals surface area contributed by atoms with E-state index in [1.165, 1.54) is 0 Å². The minimum absolute atomic E-state index is 0.701. The monoisotopic (exact) mass is 272 g/mol. The van der Waals surface area contributed by atoms with Crippen molar-refractivity contribution in [2.45, 2.75) is 13.5 Å². The van der Waals surface area contributed by atoms with E-state index in [0.29, 0.717) is 6.54 Å². The van der Waals surface area contributed by atoms with Crippen LogP contribution >= 0.6 is 0 Å². The van der Waals surface area contributed by atoms with Gasteiger partial charge in [-0.15, -0.1) is 0 Å². The van der Waals surface area contributed by atoms with Gasteiger partial charge in [0, 0.05) is 25.3 Å². The van der Waals surface area contributed by atoms with E-state index in [1.807, 2.05) is 38.2 Å². The van der Waals surface area contributed by atoms with Crippen LogP contribution in [0.3, 0.4) is 0 Å². The highest BCUT2D eigenvalue weighted by molar-refractivity contribution is 5.50. The van der Waals surface area contributed by atoms with E-state index in [0.717, 1.165) is 29.5 Å². The SMILES string of the molecule is CCNc1cnc(CN(C)c2cccc(OC)c2)cn1. The fourth-order valence-corrected chi connectivity index (χ4v) is 1.89. The zero-order valence-corrected chi connectivity index (χ0v) is 12.1. The number of aromatic nitrogens is 2. The van der Waals surface area contributed by atoms with Gasteiger partial charge in [-0.25, -0.2) is 4.98 Å². The Morgan fingerprint density at radius 1 is 1.25 bits per heavy atom. The van der Waals surface area contributed by atoms with Gasteiger partial charge in [-0.1, -0.05) is 6.07 Å². The second kappa shape index (κ2) is 6.75. The van der Waals surface area contributed by atoms with Gasteiger partial charge in [0.2, 0.25) is 0 Å². The van der Waals surface area contributed by atoms with Crippen LogP contribution in [0.2, 0.25) is 0 Å². The molecule has 0 aliphatic heterocycles. The molecule has 0 radical (unpaired) electrons. The molecule has 0 bridgehead atoms. The lowest BCUT2D eigenvalue weighted by atomic mass is 10.2. The maximum Gasteiger partial charge on any atom is 0.144 e. The van der Waals surface area contributed by atoms with E-state index in [1.54, 1.807) is 19.5 Å². The molecule has 1 aromatic carbocycles. The quantitative estimate of drug-likeness (QED) is 0.875. The summed E-state index contributed by atoms with van der Waals surface area (Å²) in [5.74, 6) is 1.66. The summed E-state index contributed by atoms with van der Waals surface area (Å²) in [6, 6.07) is 7.95. The summed E-state index contributed by atoms with van der Waals surface area (Å²) < 4.78 is 5.23. The summed E-state index contributed by atoms with van der Waals surface area (Å²) in [7, 11) is 3.69. The summed E-state index contributed by atoms with van der Waals surface area (Å²) in [6.45, 7) is 3.58. The maximum atomic E-state index is 5.23. The Bertz CT molecular complexity index is 542. The summed E-state index contributed by atoms with van der Waals surface area (Å²) in [5, 5.41) is 3.13. The zero-order chi connectivity index (χ0) is 14.4. The van der Waals surface area contributed by atoms with E-state index in [2.05, 4.69) is 20.2 Å². The predicted molar refractivity (Wildman–Crippen MR) is 81.3 cm³/mol. The summed E-state index contributed by atoms with van der Waals surface area (Å²) >= 11 is 0. The Hall–Kier alpha value is -2.30. The molecule has 0 spiro atoms. The normalized spacial score (nSPS) is 10.2. The molecule has 2 rings (SSSR count). The second-order valence-corrected chi connectivity index (χ2v) is 4.48. The zero-order valence-electron chi connectivity index (χ0n) is 12.1. The molecule has 5 nitrogen and oxygen atoms in total. The van der Waals surface area contributed by atoms with Gasteiger partial charge in [0.25, 0.3) is 0 Å². The highest BCUT2D eigenvalue weighted by Crippen LogP contribution is 2.20. The van der Waals surface area contributed by atoms with E-state index in [9.17, 15) is 0 Å². The molecule has 0 saturated heterocycles. The molecule has 5 heteroatoms. The van der Waals surface area contributed by atoms with Crippen molar-refractivity contribution in [2.75, 3.05) is 30.9 Å². The van der Waals surface area contributed by atoms with E-state index in [-0.39, 0.29) is 0 Å². The van der Waals surface area contributed by atoms with Crippen molar-refractivity contribution in [2.24, 2.45) is 0 Å². The minimum atomic E-state index is 0.701. The molecule has 0 aliphatic rings. The molecular formula is C15H20N4O. The third kappa shape index (κ3) is 3.60. The van der Waals surface area contributed by atoms with Gasteiger partial charge in [0.05, 0.1) is 31.7 Å². The van der Waals surface area contributed by atoms with Gasteiger partial charge in [-0.3, -0.25) is 4.98 Å². The summed E-state index contributed by atoms with van der Waals surface area (Å²) in [5.41, 5.74) is 2.01. The highest BCUT2D eigenvalue weighted by atomic mass is 16.5. The maximum absolute atomic E-state index is 5.23. The number of ether oxygens (including phenoxy) is 1. The molecule has 106 valence electrons. The van der Waals surface area contributed by atoms with Crippen LogP contribution in [0.1, 0.15) is 12.6 Å². The van der Waals surface area contributed by atoms with Crippen molar-refractivity contribution in [1.29, 1.82) is 0 Å². The first-order valence-corrected chi connectivity index (χ1v) is 6.63. The van der Waals surface area contributed by atoms with Gasteiger partial charge in [-0.05, 0) is 19.1 Å². The van der Waals surface area contributed by atoms with Crippen LogP contribution in [0, 0.1) is 0 Å². The predicted octanol–water partition coefficient (Wildman–Crippen LogP) is 2.55. The Morgan fingerprint density at radius 2 is 2.10 bits per heavy atom. The fourth-order valence-electron chi connectivity index (χ4n) is 1.89. The van der Waals surface area contributed by atoms with Gasteiger partial charge in [-0.2, -0.15) is 0 Å². The lowest BCUT2D eigenvalue weighted by Crippen LogP contribution is -2.17. The van der Waals surface area contributed by atoms with Crippen LogP contribution in [0.4, 0.5) is 11.5 Å². The van der Waals surface area contributed by atoms with Gasteiger partial charge in [0.15, 0.2) is 0 Å². The van der Waals surface area contributed by atoms with Crippen molar-refractivity contribution < 1.29 is 4.74 Å². The number of benzene rings is 1. The first-order chi connectivity index (χ1) is 9.72. The highest BCUT2D eigenvalue weighted by Gasteiger charge is 2.05. The van der Waals surface area contributed by atoms with Crippen molar-refractivity contribution in [3.05, 3.63) is 42.4 Å². The molecule has 0 saturated carbocycles. The van der Waals surface area contributed by atoms with Crippen LogP contribution in [0.15, 0.2) is 36.7 Å². The smallest absolute Gasteiger partial charge is 0.144 e.